The quantitative estimate of drug-likeness (QED) is 0.553. The van der Waals surface area contributed by atoms with E-state index in [-0.39, 0.29) is 16.8 Å². The second-order valence-electron chi connectivity index (χ2n) is 6.61. The largest absolute Gasteiger partial charge is 0.481 e. The fourth-order valence-corrected chi connectivity index (χ4v) is 4.92. The lowest BCUT2D eigenvalue weighted by Crippen LogP contribution is -2.08. The van der Waals surface area contributed by atoms with Crippen LogP contribution in [0.5, 0.6) is 0 Å². The number of rotatable bonds is 5. The van der Waals surface area contributed by atoms with E-state index in [9.17, 15) is 31.5 Å². The number of carbonyl (C=O) groups is 1. The molecule has 1 N–H and O–H groups in total. The van der Waals surface area contributed by atoms with Crippen molar-refractivity contribution in [1.82, 2.24) is 4.40 Å². The minimum absolute atomic E-state index is 0.112. The molecule has 30 heavy (non-hydrogen) atoms. The number of carboxylic acid groups (broad SMARTS) is 1. The third-order valence-corrected chi connectivity index (χ3v) is 7.09. The van der Waals surface area contributed by atoms with Crippen molar-refractivity contribution in [2.75, 3.05) is 6.26 Å². The van der Waals surface area contributed by atoms with Crippen molar-refractivity contribution in [1.29, 1.82) is 0 Å². The summed E-state index contributed by atoms with van der Waals surface area (Å²) in [7, 11) is -3.39. The van der Waals surface area contributed by atoms with Gasteiger partial charge in [0, 0.05) is 17.3 Å². The molecule has 11 heteroatoms. The van der Waals surface area contributed by atoms with Gasteiger partial charge in [0.2, 0.25) is 0 Å². The number of fused-ring (bicyclic) bond motifs is 1. The highest BCUT2D eigenvalue weighted by atomic mass is 35.5. The number of halogens is 4. The maximum Gasteiger partial charge on any atom is 0.419 e. The summed E-state index contributed by atoms with van der Waals surface area (Å²) in [5.41, 5.74) is 0.0873. The Bertz CT molecular complexity index is 1250. The summed E-state index contributed by atoms with van der Waals surface area (Å²) < 4.78 is 64.6. The van der Waals surface area contributed by atoms with Crippen LogP contribution < -0.4 is 0 Å². The average Bonchev–Trinajstić information content (AvgIpc) is 2.84. The SMILES string of the molecule is Cc1c(CC(=O)O)c2cc(Cl)c(C(F)(F)F)cn2c1Sc1ccc(S(C)(=O)=O)cc1. The van der Waals surface area contributed by atoms with Crippen LogP contribution in [0.3, 0.4) is 0 Å². The first kappa shape index (κ1) is 22.5. The Balaban J connectivity index is 2.19. The molecular weight excluding hydrogens is 463 g/mol. The summed E-state index contributed by atoms with van der Waals surface area (Å²) >= 11 is 6.93. The van der Waals surface area contributed by atoms with Gasteiger partial charge < -0.3 is 9.51 Å². The third-order valence-electron chi connectivity index (χ3n) is 4.44. The van der Waals surface area contributed by atoms with Gasteiger partial charge in [-0.15, -0.1) is 0 Å². The zero-order valence-electron chi connectivity index (χ0n) is 15.6. The van der Waals surface area contributed by atoms with Crippen molar-refractivity contribution >= 4 is 44.7 Å². The van der Waals surface area contributed by atoms with Gasteiger partial charge in [0.15, 0.2) is 9.84 Å². The van der Waals surface area contributed by atoms with Crippen LogP contribution in [0.25, 0.3) is 5.52 Å². The molecule has 2 aromatic heterocycles. The zero-order chi connectivity index (χ0) is 22.4. The van der Waals surface area contributed by atoms with Crippen molar-refractivity contribution in [2.45, 2.75) is 34.3 Å². The Morgan fingerprint density at radius 1 is 1.23 bits per heavy atom. The van der Waals surface area contributed by atoms with Crippen LogP contribution in [0.1, 0.15) is 16.7 Å². The molecular formula is C19H15ClF3NO4S2. The third kappa shape index (κ3) is 4.45. The molecule has 0 atom stereocenters. The van der Waals surface area contributed by atoms with Gasteiger partial charge >= 0.3 is 12.1 Å². The molecule has 160 valence electrons. The van der Waals surface area contributed by atoms with Gasteiger partial charge in [0.05, 0.1) is 32.4 Å². The van der Waals surface area contributed by atoms with Gasteiger partial charge in [-0.25, -0.2) is 8.42 Å². The van der Waals surface area contributed by atoms with Crippen molar-refractivity contribution in [3.05, 3.63) is 58.2 Å². The number of benzene rings is 1. The molecule has 0 amide bonds. The number of nitrogens with zero attached hydrogens (tertiary/aromatic N) is 1. The first-order valence-electron chi connectivity index (χ1n) is 8.39. The topological polar surface area (TPSA) is 75.8 Å². The van der Waals surface area contributed by atoms with Crippen molar-refractivity contribution in [3.8, 4) is 0 Å². The molecule has 3 rings (SSSR count). The molecule has 2 heterocycles. The van der Waals surface area contributed by atoms with Gasteiger partial charge in [-0.2, -0.15) is 13.2 Å². The number of hydrogen-bond acceptors (Lipinski definition) is 4. The summed E-state index contributed by atoms with van der Waals surface area (Å²) in [6.07, 6.45) is -3.15. The fraction of sp³-hybridized carbons (Fsp3) is 0.211. The lowest BCUT2D eigenvalue weighted by molar-refractivity contribution is -0.138. The molecule has 0 radical (unpaired) electrons. The van der Waals surface area contributed by atoms with E-state index in [1.165, 1.54) is 28.7 Å². The number of alkyl halides is 3. The summed E-state index contributed by atoms with van der Waals surface area (Å²) in [6, 6.07) is 7.00. The highest BCUT2D eigenvalue weighted by molar-refractivity contribution is 7.99. The van der Waals surface area contributed by atoms with Crippen molar-refractivity contribution < 1.29 is 31.5 Å². The van der Waals surface area contributed by atoms with Crippen LogP contribution in [0.15, 0.2) is 51.3 Å². The molecule has 3 aromatic rings. The van der Waals surface area contributed by atoms with Gasteiger partial charge in [0.1, 0.15) is 0 Å². The Hall–Kier alpha value is -2.17. The summed E-state index contributed by atoms with van der Waals surface area (Å²) in [4.78, 5) is 12.0. The van der Waals surface area contributed by atoms with Gasteiger partial charge in [-0.3, -0.25) is 4.79 Å². The lowest BCUT2D eigenvalue weighted by Gasteiger charge is -2.12. The first-order valence-corrected chi connectivity index (χ1v) is 11.5. The molecule has 0 fully saturated rings. The maximum atomic E-state index is 13.4. The number of hydrogen-bond donors (Lipinski definition) is 1. The summed E-state index contributed by atoms with van der Waals surface area (Å²) in [5.74, 6) is -1.13. The monoisotopic (exact) mass is 477 g/mol. The number of aliphatic carboxylic acids is 1. The molecule has 0 aliphatic rings. The first-order chi connectivity index (χ1) is 13.8. The average molecular weight is 478 g/mol. The molecule has 0 aliphatic heterocycles. The van der Waals surface area contributed by atoms with Crippen LogP contribution in [0.4, 0.5) is 13.2 Å². The van der Waals surface area contributed by atoms with Crippen LogP contribution >= 0.6 is 23.4 Å². The molecule has 5 nitrogen and oxygen atoms in total. The second-order valence-corrected chi connectivity index (χ2v) is 10.1. The van der Waals surface area contributed by atoms with Gasteiger partial charge in [0.25, 0.3) is 0 Å². The lowest BCUT2D eigenvalue weighted by atomic mass is 10.1. The van der Waals surface area contributed by atoms with Gasteiger partial charge in [-0.1, -0.05) is 23.4 Å². The normalized spacial score (nSPS) is 12.5. The molecule has 0 unspecified atom stereocenters. The van der Waals surface area contributed by atoms with Crippen LogP contribution in [0, 0.1) is 6.92 Å². The van der Waals surface area contributed by atoms with E-state index in [1.807, 2.05) is 0 Å². The number of pyridine rings is 1. The van der Waals surface area contributed by atoms with E-state index in [4.69, 9.17) is 11.6 Å². The van der Waals surface area contributed by atoms with E-state index >= 15 is 0 Å². The smallest absolute Gasteiger partial charge is 0.419 e. The maximum absolute atomic E-state index is 13.4. The molecule has 1 aromatic carbocycles. The number of sulfone groups is 1. The highest BCUT2D eigenvalue weighted by Gasteiger charge is 2.34. The zero-order valence-corrected chi connectivity index (χ0v) is 18.0. The minimum Gasteiger partial charge on any atom is -0.481 e. The molecule has 0 aliphatic carbocycles. The van der Waals surface area contributed by atoms with E-state index in [1.54, 1.807) is 6.92 Å². The highest BCUT2D eigenvalue weighted by Crippen LogP contribution is 2.41. The summed E-state index contributed by atoms with van der Waals surface area (Å²) in [5, 5.41) is 9.09. The number of carboxylic acids is 1. The molecule has 0 saturated heterocycles. The van der Waals surface area contributed by atoms with E-state index in [2.05, 4.69) is 0 Å². The van der Waals surface area contributed by atoms with Crippen molar-refractivity contribution in [3.63, 3.8) is 0 Å². The Morgan fingerprint density at radius 2 is 1.83 bits per heavy atom. The minimum atomic E-state index is -4.69. The van der Waals surface area contributed by atoms with E-state index < -0.39 is 32.6 Å². The van der Waals surface area contributed by atoms with E-state index in [0.29, 0.717) is 21.0 Å². The Kier molecular flexibility index (Phi) is 5.87. The number of aromatic nitrogens is 1. The van der Waals surface area contributed by atoms with Crippen LogP contribution in [-0.2, 0) is 27.2 Å². The fourth-order valence-electron chi connectivity index (χ4n) is 3.01. The Morgan fingerprint density at radius 3 is 2.33 bits per heavy atom. The van der Waals surface area contributed by atoms with E-state index in [0.717, 1.165) is 30.3 Å². The molecule has 0 bridgehead atoms. The standard InChI is InChI=1S/C19H15ClF3NO4S2/c1-10-13(7-17(25)26)16-8-15(20)14(19(21,22)23)9-24(16)18(10)29-11-3-5-12(6-4-11)30(2,27)28/h3-6,8-9H,7H2,1-2H3,(H,25,26). The predicted octanol–water partition coefficient (Wildman–Crippen LogP) is 5.10. The molecule has 0 spiro atoms. The van der Waals surface area contributed by atoms with Crippen LogP contribution in [-0.4, -0.2) is 30.2 Å². The predicted molar refractivity (Wildman–Crippen MR) is 107 cm³/mol. The Labute approximate surface area is 179 Å². The van der Waals surface area contributed by atoms with Crippen LogP contribution in [0.2, 0.25) is 5.02 Å². The second kappa shape index (κ2) is 7.82. The molecule has 0 saturated carbocycles. The van der Waals surface area contributed by atoms with Crippen molar-refractivity contribution in [2.24, 2.45) is 0 Å². The van der Waals surface area contributed by atoms with Gasteiger partial charge in [-0.05, 0) is 48.4 Å². The summed E-state index contributed by atoms with van der Waals surface area (Å²) in [6.45, 7) is 1.62.